The normalized spacial score (nSPS) is 24.0. The second-order valence-electron chi connectivity index (χ2n) is 6.58. The number of hydrogen-bond acceptors (Lipinski definition) is 5. The molecular weight excluding hydrogens is 322 g/mol. The first-order valence-electron chi connectivity index (χ1n) is 8.36. The van der Waals surface area contributed by atoms with E-state index < -0.39 is 0 Å². The van der Waals surface area contributed by atoms with Crippen LogP contribution in [-0.2, 0) is 0 Å². The molecule has 2 aromatic rings. The number of carbonyl (C=O) groups is 1. The van der Waals surface area contributed by atoms with Crippen LogP contribution in [0.1, 0.15) is 19.3 Å². The van der Waals surface area contributed by atoms with E-state index in [4.69, 9.17) is 0 Å². The van der Waals surface area contributed by atoms with Crippen LogP contribution < -0.4 is 5.32 Å². The fourth-order valence-electron chi connectivity index (χ4n) is 3.71. The smallest absolute Gasteiger partial charge is 0.321 e. The number of hydrogen-bond donors (Lipinski definition) is 1. The number of fused-ring (bicyclic) bond motifs is 2. The molecule has 24 heavy (non-hydrogen) atoms. The molecule has 0 aliphatic carbocycles. The third kappa shape index (κ3) is 3.01. The van der Waals surface area contributed by atoms with Gasteiger partial charge in [-0.2, -0.15) is 0 Å². The van der Waals surface area contributed by atoms with Crippen molar-refractivity contribution in [1.82, 2.24) is 19.4 Å². The van der Waals surface area contributed by atoms with Gasteiger partial charge in [0.15, 0.2) is 0 Å². The van der Waals surface area contributed by atoms with Gasteiger partial charge in [-0.05, 0) is 50.0 Å². The number of likely N-dealkylation sites (tertiary alicyclic amines) is 1. The van der Waals surface area contributed by atoms with Crippen molar-refractivity contribution in [3.63, 3.8) is 0 Å². The fourth-order valence-corrected chi connectivity index (χ4v) is 4.18. The van der Waals surface area contributed by atoms with Crippen LogP contribution in [0.2, 0.25) is 0 Å². The van der Waals surface area contributed by atoms with Crippen molar-refractivity contribution in [2.75, 3.05) is 25.5 Å². The Labute approximate surface area is 145 Å². The predicted octanol–water partition coefficient (Wildman–Crippen LogP) is 2.91. The summed E-state index contributed by atoms with van der Waals surface area (Å²) >= 11 is 1.33. The van der Waals surface area contributed by atoms with Gasteiger partial charge in [-0.15, -0.1) is 5.10 Å². The van der Waals surface area contributed by atoms with Gasteiger partial charge in [-0.1, -0.05) is 16.6 Å². The number of amides is 2. The maximum Gasteiger partial charge on any atom is 0.321 e. The molecule has 2 amide bonds. The zero-order chi connectivity index (χ0) is 16.5. The highest BCUT2D eigenvalue weighted by Crippen LogP contribution is 2.28. The molecule has 0 radical (unpaired) electrons. The van der Waals surface area contributed by atoms with Gasteiger partial charge in [0.1, 0.15) is 5.69 Å². The molecule has 1 aromatic heterocycles. The second-order valence-corrected chi connectivity index (χ2v) is 7.19. The number of anilines is 1. The lowest BCUT2D eigenvalue weighted by Gasteiger charge is -2.26. The Morgan fingerprint density at radius 1 is 1.21 bits per heavy atom. The lowest BCUT2D eigenvalue weighted by molar-refractivity contribution is 0.200. The van der Waals surface area contributed by atoms with Crippen molar-refractivity contribution in [1.29, 1.82) is 0 Å². The standard InChI is InChI=1S/C17H21N5OS/c1-21-14-6-7-15(21)10-22(9-8-14)17(23)18-13-4-2-12(3-5-13)16-11-24-20-19-16/h2-5,11,14-15H,6-10H2,1H3,(H,18,23). The summed E-state index contributed by atoms with van der Waals surface area (Å²) in [6.45, 7) is 1.65. The maximum atomic E-state index is 12.6. The molecule has 6 nitrogen and oxygen atoms in total. The second kappa shape index (κ2) is 6.49. The Kier molecular flexibility index (Phi) is 4.20. The van der Waals surface area contributed by atoms with Gasteiger partial charge >= 0.3 is 6.03 Å². The molecular formula is C17H21N5OS. The largest absolute Gasteiger partial charge is 0.323 e. The number of nitrogens with one attached hydrogen (secondary N) is 1. The van der Waals surface area contributed by atoms with Gasteiger partial charge in [0, 0.05) is 41.8 Å². The number of benzene rings is 1. The lowest BCUT2D eigenvalue weighted by Crippen LogP contribution is -2.41. The summed E-state index contributed by atoms with van der Waals surface area (Å²) in [4.78, 5) is 17.0. The van der Waals surface area contributed by atoms with Gasteiger partial charge in [0.2, 0.25) is 0 Å². The van der Waals surface area contributed by atoms with Crippen LogP contribution in [0.4, 0.5) is 10.5 Å². The topological polar surface area (TPSA) is 61.4 Å². The highest BCUT2D eigenvalue weighted by atomic mass is 32.1. The summed E-state index contributed by atoms with van der Waals surface area (Å²) in [5.41, 5.74) is 2.69. The molecule has 2 aliphatic heterocycles. The Balaban J connectivity index is 1.41. The first-order chi connectivity index (χ1) is 11.7. The zero-order valence-electron chi connectivity index (χ0n) is 13.7. The van der Waals surface area contributed by atoms with Gasteiger partial charge in [-0.25, -0.2) is 4.79 Å². The molecule has 2 aliphatic rings. The molecule has 4 rings (SSSR count). The van der Waals surface area contributed by atoms with E-state index in [1.54, 1.807) is 0 Å². The van der Waals surface area contributed by atoms with E-state index in [9.17, 15) is 4.79 Å². The summed E-state index contributed by atoms with van der Waals surface area (Å²) in [7, 11) is 2.19. The van der Waals surface area contributed by atoms with Crippen LogP contribution in [0.5, 0.6) is 0 Å². The van der Waals surface area contributed by atoms with Crippen molar-refractivity contribution >= 4 is 23.3 Å². The maximum absolute atomic E-state index is 12.6. The molecule has 1 aromatic carbocycles. The molecule has 7 heteroatoms. The first kappa shape index (κ1) is 15.5. The number of nitrogens with zero attached hydrogens (tertiary/aromatic N) is 4. The van der Waals surface area contributed by atoms with E-state index in [1.165, 1.54) is 24.4 Å². The van der Waals surface area contributed by atoms with E-state index in [-0.39, 0.29) is 6.03 Å². The Morgan fingerprint density at radius 3 is 2.75 bits per heavy atom. The summed E-state index contributed by atoms with van der Waals surface area (Å²) in [5, 5.41) is 8.99. The number of rotatable bonds is 2. The molecule has 2 atom stereocenters. The molecule has 126 valence electrons. The summed E-state index contributed by atoms with van der Waals surface area (Å²) < 4.78 is 3.88. The Morgan fingerprint density at radius 2 is 2.00 bits per heavy atom. The molecule has 1 N–H and O–H groups in total. The number of likely N-dealkylation sites (N-methyl/N-ethyl adjacent to an activating group) is 1. The van der Waals surface area contributed by atoms with Crippen molar-refractivity contribution < 1.29 is 4.79 Å². The summed E-state index contributed by atoms with van der Waals surface area (Å²) in [5.74, 6) is 0. The molecule has 2 fully saturated rings. The van der Waals surface area contributed by atoms with Crippen molar-refractivity contribution in [3.05, 3.63) is 29.6 Å². The average Bonchev–Trinajstić information content (AvgIpc) is 3.17. The SMILES string of the molecule is CN1C2CCC1CN(C(=O)Nc1ccc(-c3csnn3)cc1)CC2. The van der Waals surface area contributed by atoms with E-state index in [1.807, 2.05) is 34.5 Å². The van der Waals surface area contributed by atoms with Crippen LogP contribution >= 0.6 is 11.5 Å². The van der Waals surface area contributed by atoms with Crippen LogP contribution in [0.25, 0.3) is 11.3 Å². The minimum absolute atomic E-state index is 0.000903. The Bertz CT molecular complexity index is 702. The highest BCUT2D eigenvalue weighted by Gasteiger charge is 2.35. The quantitative estimate of drug-likeness (QED) is 0.911. The van der Waals surface area contributed by atoms with Crippen molar-refractivity contribution in [3.8, 4) is 11.3 Å². The van der Waals surface area contributed by atoms with Crippen LogP contribution in [-0.4, -0.2) is 57.6 Å². The van der Waals surface area contributed by atoms with Gasteiger partial charge in [-0.3, -0.25) is 4.90 Å². The van der Waals surface area contributed by atoms with Gasteiger partial charge in [0.05, 0.1) is 0 Å². The highest BCUT2D eigenvalue weighted by molar-refractivity contribution is 7.03. The van der Waals surface area contributed by atoms with Gasteiger partial charge < -0.3 is 10.2 Å². The molecule has 0 spiro atoms. The predicted molar refractivity (Wildman–Crippen MR) is 95.1 cm³/mol. The van der Waals surface area contributed by atoms with Crippen LogP contribution in [0, 0.1) is 0 Å². The lowest BCUT2D eigenvalue weighted by atomic mass is 10.1. The number of urea groups is 1. The van der Waals surface area contributed by atoms with Crippen LogP contribution in [0.3, 0.4) is 0 Å². The molecule has 0 saturated carbocycles. The molecule has 2 saturated heterocycles. The summed E-state index contributed by atoms with van der Waals surface area (Å²) in [6.07, 6.45) is 3.53. The van der Waals surface area contributed by atoms with Crippen molar-refractivity contribution in [2.45, 2.75) is 31.3 Å². The molecule has 3 heterocycles. The average molecular weight is 343 g/mol. The van der Waals surface area contributed by atoms with E-state index in [0.29, 0.717) is 12.1 Å². The number of carbonyl (C=O) groups excluding carboxylic acids is 1. The third-order valence-corrected chi connectivity index (χ3v) is 5.73. The number of aromatic nitrogens is 2. The molecule has 2 unspecified atom stereocenters. The van der Waals surface area contributed by atoms with Crippen LogP contribution in [0.15, 0.2) is 29.6 Å². The zero-order valence-corrected chi connectivity index (χ0v) is 14.5. The Hall–Kier alpha value is -1.99. The minimum atomic E-state index is -0.000903. The third-order valence-electron chi connectivity index (χ3n) is 5.23. The van der Waals surface area contributed by atoms with E-state index >= 15 is 0 Å². The minimum Gasteiger partial charge on any atom is -0.323 e. The van der Waals surface area contributed by atoms with E-state index in [0.717, 1.165) is 36.5 Å². The monoisotopic (exact) mass is 343 g/mol. The fraction of sp³-hybridized carbons (Fsp3) is 0.471. The van der Waals surface area contributed by atoms with Gasteiger partial charge in [0.25, 0.3) is 0 Å². The molecule has 2 bridgehead atoms. The summed E-state index contributed by atoms with van der Waals surface area (Å²) in [6, 6.07) is 8.90. The van der Waals surface area contributed by atoms with E-state index in [2.05, 4.69) is 26.9 Å². The van der Waals surface area contributed by atoms with Crippen molar-refractivity contribution in [2.24, 2.45) is 0 Å². The first-order valence-corrected chi connectivity index (χ1v) is 9.20.